The van der Waals surface area contributed by atoms with Crippen molar-refractivity contribution in [1.82, 2.24) is 4.90 Å². The number of imide groups is 1. The number of nitrogens with zero attached hydrogens (tertiary/aromatic N) is 1. The summed E-state index contributed by atoms with van der Waals surface area (Å²) < 4.78 is 0.845. The Morgan fingerprint density at radius 2 is 1.72 bits per heavy atom. The molecular weight excluding hydrogens is 296 g/mol. The van der Waals surface area contributed by atoms with Gasteiger partial charge in [-0.05, 0) is 23.8 Å². The minimum absolute atomic E-state index is 0.106. The van der Waals surface area contributed by atoms with Crippen LogP contribution in [0.4, 0.5) is 5.69 Å². The standard InChI is InChI=1S/C13H15BrN2O2/c1-7-8(2)13(18)16(12(7)17)6-9-3-10(14)5-11(15)4-9/h3-5,7-8H,6,15H2,1-2H3. The SMILES string of the molecule is CC1C(=O)N(Cc2cc(N)cc(Br)c2)C(=O)C1C. The second kappa shape index (κ2) is 4.72. The first kappa shape index (κ1) is 13.1. The maximum Gasteiger partial charge on any atom is 0.233 e. The van der Waals surface area contributed by atoms with Gasteiger partial charge in [-0.1, -0.05) is 29.8 Å². The van der Waals surface area contributed by atoms with Crippen LogP contribution in [-0.4, -0.2) is 16.7 Å². The van der Waals surface area contributed by atoms with E-state index in [1.54, 1.807) is 26.0 Å². The van der Waals surface area contributed by atoms with E-state index in [9.17, 15) is 9.59 Å². The van der Waals surface area contributed by atoms with Crippen molar-refractivity contribution in [2.75, 3.05) is 5.73 Å². The minimum Gasteiger partial charge on any atom is -0.399 e. The van der Waals surface area contributed by atoms with Gasteiger partial charge >= 0.3 is 0 Å². The van der Waals surface area contributed by atoms with Crippen LogP contribution in [0, 0.1) is 11.8 Å². The largest absolute Gasteiger partial charge is 0.399 e. The second-order valence-electron chi connectivity index (χ2n) is 4.73. The predicted octanol–water partition coefficient (Wildman–Crippen LogP) is 2.17. The van der Waals surface area contributed by atoms with E-state index < -0.39 is 0 Å². The highest BCUT2D eigenvalue weighted by Gasteiger charge is 2.41. The average molecular weight is 311 g/mol. The Hall–Kier alpha value is -1.36. The number of halogens is 1. The van der Waals surface area contributed by atoms with Gasteiger partial charge < -0.3 is 5.73 Å². The Morgan fingerprint density at radius 3 is 2.22 bits per heavy atom. The van der Waals surface area contributed by atoms with Gasteiger partial charge in [0.05, 0.1) is 6.54 Å². The monoisotopic (exact) mass is 310 g/mol. The zero-order chi connectivity index (χ0) is 13.4. The van der Waals surface area contributed by atoms with Crippen molar-refractivity contribution >= 4 is 33.4 Å². The van der Waals surface area contributed by atoms with Crippen LogP contribution in [0.1, 0.15) is 19.4 Å². The molecule has 1 heterocycles. The quantitative estimate of drug-likeness (QED) is 0.672. The normalized spacial score (nSPS) is 23.8. The summed E-state index contributed by atoms with van der Waals surface area (Å²) in [4.78, 5) is 25.2. The van der Waals surface area contributed by atoms with Gasteiger partial charge in [-0.3, -0.25) is 14.5 Å². The minimum atomic E-state index is -0.234. The van der Waals surface area contributed by atoms with Crippen molar-refractivity contribution in [3.63, 3.8) is 0 Å². The Bertz CT molecular complexity index is 475. The molecule has 1 saturated heterocycles. The van der Waals surface area contributed by atoms with Gasteiger partial charge in [0.1, 0.15) is 0 Å². The third-order valence-electron chi connectivity index (χ3n) is 3.38. The Labute approximate surface area is 114 Å². The molecule has 2 unspecified atom stereocenters. The van der Waals surface area contributed by atoms with Crippen molar-refractivity contribution in [3.05, 3.63) is 28.2 Å². The van der Waals surface area contributed by atoms with Crippen molar-refractivity contribution in [1.29, 1.82) is 0 Å². The molecule has 2 amide bonds. The third kappa shape index (κ3) is 2.27. The molecule has 5 heteroatoms. The Morgan fingerprint density at radius 1 is 1.17 bits per heavy atom. The van der Waals surface area contributed by atoms with Crippen LogP contribution < -0.4 is 5.73 Å². The number of anilines is 1. The van der Waals surface area contributed by atoms with E-state index in [4.69, 9.17) is 5.73 Å². The van der Waals surface area contributed by atoms with Gasteiger partial charge in [0, 0.05) is 22.0 Å². The lowest BCUT2D eigenvalue weighted by Gasteiger charge is -2.15. The predicted molar refractivity (Wildman–Crippen MR) is 72.4 cm³/mol. The molecule has 2 atom stereocenters. The smallest absolute Gasteiger partial charge is 0.233 e. The average Bonchev–Trinajstić information content (AvgIpc) is 2.46. The summed E-state index contributed by atoms with van der Waals surface area (Å²) >= 11 is 3.35. The molecule has 0 bridgehead atoms. The number of benzene rings is 1. The van der Waals surface area contributed by atoms with E-state index in [2.05, 4.69) is 15.9 Å². The topological polar surface area (TPSA) is 63.4 Å². The van der Waals surface area contributed by atoms with Crippen LogP contribution in [-0.2, 0) is 16.1 Å². The van der Waals surface area contributed by atoms with Crippen molar-refractivity contribution in [3.8, 4) is 0 Å². The molecular formula is C13H15BrN2O2. The summed E-state index contributed by atoms with van der Waals surface area (Å²) in [5.41, 5.74) is 7.20. The fraction of sp³-hybridized carbons (Fsp3) is 0.385. The molecule has 0 radical (unpaired) electrons. The van der Waals surface area contributed by atoms with E-state index in [0.29, 0.717) is 5.69 Å². The van der Waals surface area contributed by atoms with Gasteiger partial charge in [-0.25, -0.2) is 0 Å². The lowest BCUT2D eigenvalue weighted by Crippen LogP contribution is -2.30. The molecule has 1 aromatic rings. The van der Waals surface area contributed by atoms with Crippen LogP contribution >= 0.6 is 15.9 Å². The number of likely N-dealkylation sites (tertiary alicyclic amines) is 1. The number of hydrogen-bond donors (Lipinski definition) is 1. The van der Waals surface area contributed by atoms with Crippen molar-refractivity contribution < 1.29 is 9.59 Å². The second-order valence-corrected chi connectivity index (χ2v) is 5.65. The maximum atomic E-state index is 12.0. The summed E-state index contributed by atoms with van der Waals surface area (Å²) in [6.45, 7) is 3.87. The highest BCUT2D eigenvalue weighted by molar-refractivity contribution is 9.10. The summed E-state index contributed by atoms with van der Waals surface area (Å²) in [7, 11) is 0. The Balaban J connectivity index is 2.24. The van der Waals surface area contributed by atoms with Crippen LogP contribution in [0.5, 0.6) is 0 Å². The van der Waals surface area contributed by atoms with Gasteiger partial charge in [0.25, 0.3) is 0 Å². The zero-order valence-electron chi connectivity index (χ0n) is 10.3. The molecule has 2 N–H and O–H groups in total. The van der Waals surface area contributed by atoms with Crippen molar-refractivity contribution in [2.45, 2.75) is 20.4 Å². The van der Waals surface area contributed by atoms with Gasteiger partial charge in [-0.2, -0.15) is 0 Å². The highest BCUT2D eigenvalue weighted by atomic mass is 79.9. The number of rotatable bonds is 2. The third-order valence-corrected chi connectivity index (χ3v) is 3.84. The molecule has 2 rings (SSSR count). The summed E-state index contributed by atoms with van der Waals surface area (Å²) in [5, 5.41) is 0. The van der Waals surface area contributed by atoms with E-state index >= 15 is 0 Å². The first-order chi connectivity index (χ1) is 8.40. The first-order valence-corrected chi connectivity index (χ1v) is 6.59. The van der Waals surface area contributed by atoms with E-state index in [0.717, 1.165) is 10.0 Å². The van der Waals surface area contributed by atoms with E-state index in [-0.39, 0.29) is 30.2 Å². The van der Waals surface area contributed by atoms with Crippen molar-refractivity contribution in [2.24, 2.45) is 11.8 Å². The fourth-order valence-corrected chi connectivity index (χ4v) is 2.69. The van der Waals surface area contributed by atoms with E-state index in [1.165, 1.54) is 4.90 Å². The number of amides is 2. The van der Waals surface area contributed by atoms with Gasteiger partial charge in [-0.15, -0.1) is 0 Å². The summed E-state index contributed by atoms with van der Waals surface area (Å²) in [6.07, 6.45) is 0. The highest BCUT2D eigenvalue weighted by Crippen LogP contribution is 2.28. The Kier molecular flexibility index (Phi) is 3.43. The molecule has 0 aliphatic carbocycles. The number of carbonyl (C=O) groups excluding carboxylic acids is 2. The van der Waals surface area contributed by atoms with Crippen LogP contribution in [0.15, 0.2) is 22.7 Å². The van der Waals surface area contributed by atoms with Crippen LogP contribution in [0.25, 0.3) is 0 Å². The number of hydrogen-bond acceptors (Lipinski definition) is 3. The summed E-state index contributed by atoms with van der Waals surface area (Å²) in [5.74, 6) is -0.680. The molecule has 1 aliphatic rings. The van der Waals surface area contributed by atoms with Crippen LogP contribution in [0.3, 0.4) is 0 Å². The lowest BCUT2D eigenvalue weighted by molar-refractivity contribution is -0.140. The van der Waals surface area contributed by atoms with Gasteiger partial charge in [0.2, 0.25) is 11.8 Å². The van der Waals surface area contributed by atoms with E-state index in [1.807, 2.05) is 6.07 Å². The fourth-order valence-electron chi connectivity index (χ4n) is 2.13. The molecule has 18 heavy (non-hydrogen) atoms. The molecule has 1 fully saturated rings. The maximum absolute atomic E-state index is 12.0. The number of carbonyl (C=O) groups is 2. The first-order valence-electron chi connectivity index (χ1n) is 5.80. The number of nitrogens with two attached hydrogens (primary N) is 1. The molecule has 0 spiro atoms. The molecule has 0 aromatic heterocycles. The molecule has 1 aromatic carbocycles. The van der Waals surface area contributed by atoms with Gasteiger partial charge in [0.15, 0.2) is 0 Å². The lowest BCUT2D eigenvalue weighted by atomic mass is 10.00. The summed E-state index contributed by atoms with van der Waals surface area (Å²) in [6, 6.07) is 5.42. The number of nitrogen functional groups attached to an aromatic ring is 1. The molecule has 1 aliphatic heterocycles. The zero-order valence-corrected chi connectivity index (χ0v) is 11.9. The molecule has 96 valence electrons. The molecule has 0 saturated carbocycles. The van der Waals surface area contributed by atoms with Crippen LogP contribution in [0.2, 0.25) is 0 Å². The molecule has 4 nitrogen and oxygen atoms in total.